The molecule has 1 saturated heterocycles. The summed E-state index contributed by atoms with van der Waals surface area (Å²) < 4.78 is 6.24. The fourth-order valence-electron chi connectivity index (χ4n) is 5.22. The Bertz CT molecular complexity index is 1560. The fourth-order valence-corrected chi connectivity index (χ4v) is 5.22. The smallest absolute Gasteiger partial charge is 0.254 e. The molecule has 0 aromatic heterocycles. The summed E-state index contributed by atoms with van der Waals surface area (Å²) >= 11 is 0. The Hall–Kier alpha value is -4.89. The van der Waals surface area contributed by atoms with Gasteiger partial charge in [0, 0.05) is 29.8 Å². The maximum atomic E-state index is 13.6. The van der Waals surface area contributed by atoms with Gasteiger partial charge >= 0.3 is 0 Å². The van der Waals surface area contributed by atoms with Gasteiger partial charge in [-0.2, -0.15) is 5.26 Å². The molecular formula is C35H33N3O3. The van der Waals surface area contributed by atoms with E-state index in [9.17, 15) is 14.9 Å². The number of amides is 2. The third kappa shape index (κ3) is 6.82. The second kappa shape index (κ2) is 13.0. The maximum Gasteiger partial charge on any atom is 0.254 e. The van der Waals surface area contributed by atoms with Gasteiger partial charge in [-0.3, -0.25) is 9.59 Å². The van der Waals surface area contributed by atoms with Crippen molar-refractivity contribution in [1.82, 2.24) is 10.2 Å². The first-order chi connectivity index (χ1) is 20.0. The summed E-state index contributed by atoms with van der Waals surface area (Å²) in [7, 11) is 0. The lowest BCUT2D eigenvalue weighted by molar-refractivity contribution is 0.0791. The van der Waals surface area contributed by atoms with E-state index in [1.165, 1.54) is 0 Å². The lowest BCUT2D eigenvalue weighted by atomic mass is 9.95. The number of nitrogens with zero attached hydrogens (tertiary/aromatic N) is 2. The molecule has 1 N–H and O–H groups in total. The quantitative estimate of drug-likeness (QED) is 0.265. The number of carbonyl (C=O) groups is 2. The zero-order chi connectivity index (χ0) is 28.6. The third-order valence-corrected chi connectivity index (χ3v) is 7.45. The fraction of sp³-hybridized carbons (Fsp3) is 0.229. The van der Waals surface area contributed by atoms with Gasteiger partial charge < -0.3 is 15.0 Å². The van der Waals surface area contributed by atoms with Crippen molar-refractivity contribution in [2.75, 3.05) is 13.1 Å². The van der Waals surface area contributed by atoms with Gasteiger partial charge in [0.05, 0.1) is 17.7 Å². The number of likely N-dealkylation sites (tertiary alicyclic amines) is 1. The molecule has 1 aliphatic heterocycles. The van der Waals surface area contributed by atoms with Crippen molar-refractivity contribution >= 4 is 11.8 Å². The van der Waals surface area contributed by atoms with Gasteiger partial charge in [0.25, 0.3) is 11.8 Å². The Morgan fingerprint density at radius 3 is 2.24 bits per heavy atom. The molecule has 1 atom stereocenters. The van der Waals surface area contributed by atoms with Crippen LogP contribution in [0.4, 0.5) is 0 Å². The topological polar surface area (TPSA) is 82.4 Å². The number of hydrogen-bond donors (Lipinski definition) is 1. The number of hydrogen-bond acceptors (Lipinski definition) is 4. The monoisotopic (exact) mass is 543 g/mol. The minimum Gasteiger partial charge on any atom is -0.489 e. The molecule has 0 bridgehead atoms. The highest BCUT2D eigenvalue weighted by Gasteiger charge is 2.24. The molecule has 2 amide bonds. The first kappa shape index (κ1) is 27.7. The third-order valence-electron chi connectivity index (χ3n) is 7.45. The predicted molar refractivity (Wildman–Crippen MR) is 159 cm³/mol. The zero-order valence-corrected chi connectivity index (χ0v) is 23.2. The molecule has 4 aromatic carbocycles. The van der Waals surface area contributed by atoms with Crippen LogP contribution in [-0.4, -0.2) is 29.8 Å². The molecule has 0 aliphatic carbocycles. The lowest BCUT2D eigenvalue weighted by Crippen LogP contribution is -2.31. The van der Waals surface area contributed by atoms with E-state index in [1.807, 2.05) is 72.5 Å². The molecule has 0 saturated carbocycles. The summed E-state index contributed by atoms with van der Waals surface area (Å²) in [5.74, 6) is 0.366. The number of nitriles is 1. The van der Waals surface area contributed by atoms with Crippen LogP contribution in [0, 0.1) is 18.3 Å². The van der Waals surface area contributed by atoms with Crippen molar-refractivity contribution in [3.05, 3.63) is 136 Å². The molecule has 1 unspecified atom stereocenters. The predicted octanol–water partition coefficient (Wildman–Crippen LogP) is 6.40. The van der Waals surface area contributed by atoms with Crippen molar-refractivity contribution < 1.29 is 14.3 Å². The molecule has 0 spiro atoms. The van der Waals surface area contributed by atoms with E-state index in [0.29, 0.717) is 35.5 Å². The normalized spacial score (nSPS) is 13.3. The summed E-state index contributed by atoms with van der Waals surface area (Å²) in [4.78, 5) is 28.5. The van der Waals surface area contributed by atoms with Gasteiger partial charge in [-0.1, -0.05) is 60.7 Å². The highest BCUT2D eigenvalue weighted by molar-refractivity contribution is 5.99. The van der Waals surface area contributed by atoms with Gasteiger partial charge in [0.1, 0.15) is 12.4 Å². The van der Waals surface area contributed by atoms with Crippen molar-refractivity contribution in [3.8, 4) is 11.8 Å². The van der Waals surface area contributed by atoms with Crippen LogP contribution >= 0.6 is 0 Å². The van der Waals surface area contributed by atoms with E-state index < -0.39 is 6.04 Å². The largest absolute Gasteiger partial charge is 0.489 e. The second-order valence-electron chi connectivity index (χ2n) is 10.4. The van der Waals surface area contributed by atoms with Crippen LogP contribution in [0.3, 0.4) is 0 Å². The van der Waals surface area contributed by atoms with Gasteiger partial charge in [0.2, 0.25) is 0 Å². The standard InChI is InChI=1S/C35H33N3O3/c1-25-20-29(15-16-30(25)35(40)38-18-8-9-19-38)34(39)37-32(22-26-10-4-2-5-11-26)31-21-28(23-36)14-17-33(31)41-24-27-12-6-3-7-13-27/h2-7,10-17,20-21,32H,8-9,18-19,22,24H2,1H3,(H,37,39). The van der Waals surface area contributed by atoms with Crippen molar-refractivity contribution in [3.63, 3.8) is 0 Å². The number of rotatable bonds is 9. The molecule has 6 nitrogen and oxygen atoms in total. The summed E-state index contributed by atoms with van der Waals surface area (Å²) in [6, 6.07) is 32.1. The molecule has 0 radical (unpaired) electrons. The van der Waals surface area contributed by atoms with Gasteiger partial charge in [0.15, 0.2) is 0 Å². The Balaban J connectivity index is 1.43. The second-order valence-corrected chi connectivity index (χ2v) is 10.4. The molecule has 206 valence electrons. The first-order valence-electron chi connectivity index (χ1n) is 14.0. The molecule has 4 aromatic rings. The van der Waals surface area contributed by atoms with Crippen LogP contribution in [0.15, 0.2) is 97.1 Å². The van der Waals surface area contributed by atoms with Crippen LogP contribution in [-0.2, 0) is 13.0 Å². The highest BCUT2D eigenvalue weighted by Crippen LogP contribution is 2.30. The summed E-state index contributed by atoms with van der Waals surface area (Å²) in [5, 5.41) is 12.9. The van der Waals surface area contributed by atoms with Crippen molar-refractivity contribution in [1.29, 1.82) is 5.26 Å². The Labute approximate surface area is 241 Å². The molecule has 5 rings (SSSR count). The summed E-state index contributed by atoms with van der Waals surface area (Å²) in [6.45, 7) is 3.78. The number of carbonyl (C=O) groups excluding carboxylic acids is 2. The van der Waals surface area contributed by atoms with Crippen LogP contribution in [0.1, 0.15) is 67.4 Å². The SMILES string of the molecule is Cc1cc(C(=O)NC(Cc2ccccc2)c2cc(C#N)ccc2OCc2ccccc2)ccc1C(=O)N1CCCC1. The van der Waals surface area contributed by atoms with E-state index in [4.69, 9.17) is 4.74 Å². The summed E-state index contributed by atoms with van der Waals surface area (Å²) in [5.41, 5.74) is 5.15. The average molecular weight is 544 g/mol. The number of aryl methyl sites for hydroxylation is 1. The number of nitrogens with one attached hydrogen (secondary N) is 1. The minimum absolute atomic E-state index is 0.0161. The highest BCUT2D eigenvalue weighted by atomic mass is 16.5. The van der Waals surface area contributed by atoms with E-state index >= 15 is 0 Å². The van der Waals surface area contributed by atoms with E-state index in [2.05, 4.69) is 11.4 Å². The maximum absolute atomic E-state index is 13.6. The van der Waals surface area contributed by atoms with E-state index in [0.717, 1.165) is 48.2 Å². The zero-order valence-electron chi connectivity index (χ0n) is 23.2. The Morgan fingerprint density at radius 2 is 1.59 bits per heavy atom. The number of benzene rings is 4. The first-order valence-corrected chi connectivity index (χ1v) is 14.0. The molecule has 1 aliphatic rings. The van der Waals surface area contributed by atoms with Gasteiger partial charge in [-0.15, -0.1) is 0 Å². The Kier molecular flexibility index (Phi) is 8.76. The number of ether oxygens (including phenoxy) is 1. The summed E-state index contributed by atoms with van der Waals surface area (Å²) in [6.07, 6.45) is 2.56. The van der Waals surface area contributed by atoms with Gasteiger partial charge in [-0.05, 0) is 79.3 Å². The van der Waals surface area contributed by atoms with E-state index in [-0.39, 0.29) is 11.8 Å². The molecular weight excluding hydrogens is 510 g/mol. The Morgan fingerprint density at radius 1 is 0.902 bits per heavy atom. The molecule has 6 heteroatoms. The van der Waals surface area contributed by atoms with Crippen molar-refractivity contribution in [2.45, 2.75) is 38.8 Å². The minimum atomic E-state index is -0.463. The van der Waals surface area contributed by atoms with Crippen LogP contribution in [0.2, 0.25) is 0 Å². The lowest BCUT2D eigenvalue weighted by Gasteiger charge is -2.23. The van der Waals surface area contributed by atoms with Gasteiger partial charge in [-0.25, -0.2) is 0 Å². The van der Waals surface area contributed by atoms with Crippen LogP contribution in [0.25, 0.3) is 0 Å². The average Bonchev–Trinajstić information content (AvgIpc) is 3.56. The van der Waals surface area contributed by atoms with Crippen LogP contribution in [0.5, 0.6) is 5.75 Å². The molecule has 1 fully saturated rings. The molecule has 41 heavy (non-hydrogen) atoms. The molecule has 1 heterocycles. The van der Waals surface area contributed by atoms with Crippen LogP contribution < -0.4 is 10.1 Å². The van der Waals surface area contributed by atoms with Crippen molar-refractivity contribution in [2.24, 2.45) is 0 Å². The van der Waals surface area contributed by atoms with E-state index in [1.54, 1.807) is 36.4 Å².